The zero-order valence-electron chi connectivity index (χ0n) is 12.3. The zero-order valence-corrected chi connectivity index (χ0v) is 12.3. The van der Waals surface area contributed by atoms with E-state index in [1.807, 2.05) is 45.2 Å². The Bertz CT molecular complexity index is 496. The minimum Gasteiger partial charge on any atom is -0.444 e. The zero-order chi connectivity index (χ0) is 14.4. The summed E-state index contributed by atoms with van der Waals surface area (Å²) in [5.74, 6) is 1.02. The lowest BCUT2D eigenvalue weighted by Crippen LogP contribution is -2.73. The third-order valence-electron chi connectivity index (χ3n) is 3.73. The van der Waals surface area contributed by atoms with E-state index in [1.165, 1.54) is 0 Å². The average molecular weight is 275 g/mol. The van der Waals surface area contributed by atoms with Gasteiger partial charge in [0.05, 0.1) is 0 Å². The van der Waals surface area contributed by atoms with E-state index in [4.69, 9.17) is 4.74 Å². The van der Waals surface area contributed by atoms with Gasteiger partial charge in [0.2, 0.25) is 0 Å². The van der Waals surface area contributed by atoms with E-state index in [1.54, 1.807) is 4.90 Å². The van der Waals surface area contributed by atoms with Crippen LogP contribution in [0.5, 0.6) is 0 Å². The summed E-state index contributed by atoms with van der Waals surface area (Å²) in [6.45, 7) is 9.23. The number of carbonyl (C=O) groups excluding carboxylic acids is 1. The van der Waals surface area contributed by atoms with Crippen molar-refractivity contribution < 1.29 is 9.53 Å². The maximum atomic E-state index is 11.9. The Morgan fingerprint density at radius 2 is 1.95 bits per heavy atom. The second kappa shape index (κ2) is 4.36. The first-order chi connectivity index (χ1) is 9.37. The van der Waals surface area contributed by atoms with Crippen LogP contribution in [0.25, 0.3) is 0 Å². The van der Waals surface area contributed by atoms with Crippen molar-refractivity contribution in [3.05, 3.63) is 24.4 Å². The Balaban J connectivity index is 1.49. The minimum atomic E-state index is -0.417. The molecule has 1 amide bonds. The summed E-state index contributed by atoms with van der Waals surface area (Å²) in [7, 11) is 0. The van der Waals surface area contributed by atoms with Crippen LogP contribution < -0.4 is 4.90 Å². The normalized spacial score (nSPS) is 20.4. The van der Waals surface area contributed by atoms with Crippen molar-refractivity contribution in [2.24, 2.45) is 5.41 Å². The Hall–Kier alpha value is -1.78. The summed E-state index contributed by atoms with van der Waals surface area (Å²) < 4.78 is 5.38. The Labute approximate surface area is 119 Å². The molecule has 0 N–H and O–H groups in total. The van der Waals surface area contributed by atoms with Gasteiger partial charge in [-0.2, -0.15) is 0 Å². The highest BCUT2D eigenvalue weighted by Gasteiger charge is 2.54. The number of hydrogen-bond acceptors (Lipinski definition) is 4. The fraction of sp³-hybridized carbons (Fsp3) is 0.600. The summed E-state index contributed by atoms with van der Waals surface area (Å²) in [6, 6.07) is 5.95. The monoisotopic (exact) mass is 275 g/mol. The molecule has 2 fully saturated rings. The van der Waals surface area contributed by atoms with Crippen LogP contribution in [-0.4, -0.2) is 47.8 Å². The van der Waals surface area contributed by atoms with E-state index < -0.39 is 5.60 Å². The van der Waals surface area contributed by atoms with Gasteiger partial charge in [0.25, 0.3) is 0 Å². The van der Waals surface area contributed by atoms with E-state index >= 15 is 0 Å². The standard InChI is InChI=1S/C15H21N3O2/c1-14(2,3)20-13(19)18-10-15(11-18)8-17(9-15)12-6-4-5-7-16-12/h4-7H,8-11H2,1-3H3. The number of ether oxygens (including phenoxy) is 1. The first kappa shape index (κ1) is 13.2. The van der Waals surface area contributed by atoms with Gasteiger partial charge in [-0.3, -0.25) is 0 Å². The van der Waals surface area contributed by atoms with Gasteiger partial charge in [0.15, 0.2) is 0 Å². The molecule has 1 aromatic heterocycles. The quantitative estimate of drug-likeness (QED) is 0.787. The van der Waals surface area contributed by atoms with Crippen molar-refractivity contribution in [2.45, 2.75) is 26.4 Å². The Morgan fingerprint density at radius 3 is 2.50 bits per heavy atom. The highest BCUT2D eigenvalue weighted by molar-refractivity contribution is 5.70. The summed E-state index contributed by atoms with van der Waals surface area (Å²) in [6.07, 6.45) is 1.62. The maximum absolute atomic E-state index is 11.9. The van der Waals surface area contributed by atoms with Gasteiger partial charge in [-0.1, -0.05) is 6.07 Å². The molecule has 0 unspecified atom stereocenters. The second-order valence-electron chi connectivity index (χ2n) is 6.88. The first-order valence-corrected chi connectivity index (χ1v) is 7.01. The number of amides is 1. The summed E-state index contributed by atoms with van der Waals surface area (Å²) in [5, 5.41) is 0. The molecule has 3 heterocycles. The molecule has 3 rings (SSSR count). The summed E-state index contributed by atoms with van der Waals surface area (Å²) in [5.41, 5.74) is -0.159. The van der Waals surface area contributed by atoms with Crippen molar-refractivity contribution in [2.75, 3.05) is 31.1 Å². The molecule has 0 atom stereocenters. The lowest BCUT2D eigenvalue weighted by Gasteiger charge is -2.60. The molecule has 2 saturated heterocycles. The molecular formula is C15H21N3O2. The number of anilines is 1. The third kappa shape index (κ3) is 2.44. The average Bonchev–Trinajstić information content (AvgIpc) is 2.24. The van der Waals surface area contributed by atoms with Crippen molar-refractivity contribution in [3.63, 3.8) is 0 Å². The molecule has 2 aliphatic heterocycles. The van der Waals surface area contributed by atoms with Crippen LogP contribution in [-0.2, 0) is 4.74 Å². The topological polar surface area (TPSA) is 45.7 Å². The number of nitrogens with zero attached hydrogens (tertiary/aromatic N) is 3. The van der Waals surface area contributed by atoms with Crippen molar-refractivity contribution in [1.29, 1.82) is 0 Å². The number of carbonyl (C=O) groups is 1. The van der Waals surface area contributed by atoms with Gasteiger partial charge < -0.3 is 14.5 Å². The smallest absolute Gasteiger partial charge is 0.410 e. The molecule has 20 heavy (non-hydrogen) atoms. The molecule has 1 aromatic rings. The SMILES string of the molecule is CC(C)(C)OC(=O)N1CC2(C1)CN(c1ccccn1)C2. The number of likely N-dealkylation sites (tertiary alicyclic amines) is 1. The van der Waals surface area contributed by atoms with E-state index in [9.17, 15) is 4.79 Å². The van der Waals surface area contributed by atoms with Crippen LogP contribution in [0.4, 0.5) is 10.6 Å². The van der Waals surface area contributed by atoms with Crippen LogP contribution in [0, 0.1) is 5.41 Å². The highest BCUT2D eigenvalue weighted by Crippen LogP contribution is 2.41. The van der Waals surface area contributed by atoms with Gasteiger partial charge in [0.1, 0.15) is 11.4 Å². The fourth-order valence-corrected chi connectivity index (χ4v) is 2.89. The molecule has 1 spiro atoms. The van der Waals surface area contributed by atoms with Crippen molar-refractivity contribution in [3.8, 4) is 0 Å². The van der Waals surface area contributed by atoms with E-state index in [-0.39, 0.29) is 11.5 Å². The van der Waals surface area contributed by atoms with Gasteiger partial charge >= 0.3 is 6.09 Å². The molecule has 0 bridgehead atoms. The molecule has 0 aliphatic carbocycles. The largest absolute Gasteiger partial charge is 0.444 e. The van der Waals surface area contributed by atoms with Gasteiger partial charge in [-0.25, -0.2) is 9.78 Å². The first-order valence-electron chi connectivity index (χ1n) is 7.01. The van der Waals surface area contributed by atoms with E-state index in [0.717, 1.165) is 32.0 Å². The molecular weight excluding hydrogens is 254 g/mol. The lowest BCUT2D eigenvalue weighted by atomic mass is 9.73. The summed E-state index contributed by atoms with van der Waals surface area (Å²) >= 11 is 0. The Kier molecular flexibility index (Phi) is 2.88. The van der Waals surface area contributed by atoms with Crippen LogP contribution in [0.1, 0.15) is 20.8 Å². The van der Waals surface area contributed by atoms with Crippen LogP contribution >= 0.6 is 0 Å². The molecule has 0 saturated carbocycles. The van der Waals surface area contributed by atoms with Gasteiger partial charge in [-0.15, -0.1) is 0 Å². The fourth-order valence-electron chi connectivity index (χ4n) is 2.89. The van der Waals surface area contributed by atoms with Crippen LogP contribution in [0.3, 0.4) is 0 Å². The maximum Gasteiger partial charge on any atom is 0.410 e. The lowest BCUT2D eigenvalue weighted by molar-refractivity contribution is -0.0454. The number of pyridine rings is 1. The predicted octanol–water partition coefficient (Wildman–Crippen LogP) is 2.14. The van der Waals surface area contributed by atoms with Gasteiger partial charge in [0, 0.05) is 37.8 Å². The third-order valence-corrected chi connectivity index (χ3v) is 3.73. The second-order valence-corrected chi connectivity index (χ2v) is 6.88. The highest BCUT2D eigenvalue weighted by atomic mass is 16.6. The van der Waals surface area contributed by atoms with E-state index in [0.29, 0.717) is 0 Å². The van der Waals surface area contributed by atoms with Crippen LogP contribution in [0.2, 0.25) is 0 Å². The predicted molar refractivity (Wildman–Crippen MR) is 76.7 cm³/mol. The molecule has 108 valence electrons. The van der Waals surface area contributed by atoms with E-state index in [2.05, 4.69) is 9.88 Å². The number of hydrogen-bond donors (Lipinski definition) is 0. The van der Waals surface area contributed by atoms with Crippen molar-refractivity contribution in [1.82, 2.24) is 9.88 Å². The Morgan fingerprint density at radius 1 is 1.25 bits per heavy atom. The number of aromatic nitrogens is 1. The molecule has 0 radical (unpaired) electrons. The molecule has 5 heteroatoms. The molecule has 2 aliphatic rings. The van der Waals surface area contributed by atoms with Crippen molar-refractivity contribution >= 4 is 11.9 Å². The molecule has 0 aromatic carbocycles. The number of rotatable bonds is 1. The van der Waals surface area contributed by atoms with Crippen LogP contribution in [0.15, 0.2) is 24.4 Å². The van der Waals surface area contributed by atoms with Gasteiger partial charge in [-0.05, 0) is 32.9 Å². The minimum absolute atomic E-state index is 0.195. The molecule has 5 nitrogen and oxygen atoms in total. The summed E-state index contributed by atoms with van der Waals surface area (Å²) in [4.78, 5) is 20.3.